The Labute approximate surface area is 186 Å². The van der Waals surface area contributed by atoms with Crippen LogP contribution >= 0.6 is 0 Å². The van der Waals surface area contributed by atoms with Gasteiger partial charge in [-0.15, -0.1) is 0 Å². The number of carbonyl (C=O) groups excluding carboxylic acids is 3. The molecule has 1 aliphatic carbocycles. The summed E-state index contributed by atoms with van der Waals surface area (Å²) in [5, 5.41) is 3.18. The molecule has 8 heteroatoms. The van der Waals surface area contributed by atoms with Gasteiger partial charge in [-0.1, -0.05) is 24.3 Å². The molecule has 2 aromatic carbocycles. The van der Waals surface area contributed by atoms with Gasteiger partial charge in [-0.05, 0) is 37.1 Å². The average molecular weight is 434 g/mol. The van der Waals surface area contributed by atoms with Gasteiger partial charge < -0.3 is 20.7 Å². The second-order valence-corrected chi connectivity index (χ2v) is 7.78. The summed E-state index contributed by atoms with van der Waals surface area (Å²) in [5.41, 5.74) is 8.29. The van der Waals surface area contributed by atoms with Crippen molar-refractivity contribution in [2.75, 3.05) is 43.6 Å². The molecule has 8 nitrogen and oxygen atoms in total. The monoisotopic (exact) mass is 434 g/mol. The Bertz CT molecular complexity index is 1070. The van der Waals surface area contributed by atoms with E-state index in [1.807, 2.05) is 4.90 Å². The lowest BCUT2D eigenvalue weighted by molar-refractivity contribution is 0.0948. The summed E-state index contributed by atoms with van der Waals surface area (Å²) >= 11 is 0. The average Bonchev–Trinajstić information content (AvgIpc) is 3.33. The standard InChI is InChI=1S/C24H26N4O4/c1-32-15-14-28(24(25)31)17-10-8-16(9-11-17)26-20-21(27-12-4-5-13-27)23(30)19-7-3-2-6-18(19)22(20)29/h2-3,6-11,26H,4-5,12-15H2,1H3,(H2,25,31). The summed E-state index contributed by atoms with van der Waals surface area (Å²) < 4.78 is 5.04. The van der Waals surface area contributed by atoms with Gasteiger partial charge in [-0.25, -0.2) is 4.79 Å². The minimum Gasteiger partial charge on any atom is -0.383 e. The molecule has 2 aromatic rings. The third-order valence-electron chi connectivity index (χ3n) is 5.75. The molecule has 0 bridgehead atoms. The van der Waals surface area contributed by atoms with E-state index in [4.69, 9.17) is 10.5 Å². The van der Waals surface area contributed by atoms with Gasteiger partial charge in [0.1, 0.15) is 11.4 Å². The molecule has 166 valence electrons. The third kappa shape index (κ3) is 4.09. The van der Waals surface area contributed by atoms with Crippen molar-refractivity contribution < 1.29 is 19.1 Å². The fourth-order valence-corrected chi connectivity index (χ4v) is 4.14. The van der Waals surface area contributed by atoms with Crippen LogP contribution in [0.25, 0.3) is 0 Å². The van der Waals surface area contributed by atoms with E-state index in [1.165, 1.54) is 4.90 Å². The number of nitrogens with two attached hydrogens (primary N) is 1. The number of amides is 2. The highest BCUT2D eigenvalue weighted by molar-refractivity contribution is 6.27. The van der Waals surface area contributed by atoms with Gasteiger partial charge in [-0.3, -0.25) is 14.5 Å². The lowest BCUT2D eigenvalue weighted by Crippen LogP contribution is -2.38. The SMILES string of the molecule is COCCN(C(N)=O)c1ccc(NC2=C(N3CCCC3)C(=O)c3ccccc3C2=O)cc1. The minimum atomic E-state index is -0.577. The number of urea groups is 1. The molecule has 0 unspecified atom stereocenters. The zero-order chi connectivity index (χ0) is 22.7. The van der Waals surface area contributed by atoms with Gasteiger partial charge in [-0.2, -0.15) is 0 Å². The summed E-state index contributed by atoms with van der Waals surface area (Å²) in [6, 6.07) is 13.3. The van der Waals surface area contributed by atoms with Crippen molar-refractivity contribution in [3.05, 3.63) is 71.1 Å². The molecule has 2 amide bonds. The largest absolute Gasteiger partial charge is 0.383 e. The van der Waals surface area contributed by atoms with Gasteiger partial charge in [0.2, 0.25) is 11.6 Å². The van der Waals surface area contributed by atoms with Gasteiger partial charge in [0, 0.05) is 42.7 Å². The van der Waals surface area contributed by atoms with Crippen LogP contribution in [0.15, 0.2) is 59.9 Å². The van der Waals surface area contributed by atoms with Crippen LogP contribution in [0.3, 0.4) is 0 Å². The van der Waals surface area contributed by atoms with E-state index >= 15 is 0 Å². The van der Waals surface area contributed by atoms with Crippen LogP contribution < -0.4 is 16.0 Å². The van der Waals surface area contributed by atoms with Crippen LogP contribution in [0.5, 0.6) is 0 Å². The number of anilines is 2. The molecule has 3 N–H and O–H groups in total. The minimum absolute atomic E-state index is 0.138. The number of rotatable bonds is 7. The molecular formula is C24H26N4O4. The van der Waals surface area contributed by atoms with Crippen molar-refractivity contribution in [1.29, 1.82) is 0 Å². The Morgan fingerprint density at radius 3 is 2.25 bits per heavy atom. The third-order valence-corrected chi connectivity index (χ3v) is 5.75. The number of ether oxygens (including phenoxy) is 1. The lowest BCUT2D eigenvalue weighted by Gasteiger charge is -2.28. The molecule has 1 fully saturated rings. The van der Waals surface area contributed by atoms with Crippen LogP contribution in [-0.2, 0) is 4.74 Å². The Hall–Kier alpha value is -3.65. The number of Topliss-reactive ketones (excluding diaryl/α,β-unsaturated/α-hetero) is 2. The van der Waals surface area contributed by atoms with Gasteiger partial charge in [0.05, 0.1) is 13.2 Å². The van der Waals surface area contributed by atoms with Crippen molar-refractivity contribution >= 4 is 29.0 Å². The number of fused-ring (bicyclic) bond motifs is 1. The number of nitrogens with one attached hydrogen (secondary N) is 1. The number of hydrogen-bond donors (Lipinski definition) is 2. The van der Waals surface area contributed by atoms with Crippen LogP contribution in [0.2, 0.25) is 0 Å². The number of likely N-dealkylation sites (tertiary alicyclic amines) is 1. The fraction of sp³-hybridized carbons (Fsp3) is 0.292. The predicted molar refractivity (Wildman–Crippen MR) is 122 cm³/mol. The molecule has 1 aliphatic heterocycles. The number of methoxy groups -OCH3 is 1. The Morgan fingerprint density at radius 2 is 1.66 bits per heavy atom. The highest BCUT2D eigenvalue weighted by atomic mass is 16.5. The molecular weight excluding hydrogens is 408 g/mol. The summed E-state index contributed by atoms with van der Waals surface area (Å²) in [6.07, 6.45) is 1.97. The molecule has 0 radical (unpaired) electrons. The quantitative estimate of drug-likeness (QED) is 0.694. The summed E-state index contributed by atoms with van der Waals surface area (Å²) in [7, 11) is 1.55. The van der Waals surface area contributed by atoms with E-state index in [2.05, 4.69) is 5.32 Å². The fourth-order valence-electron chi connectivity index (χ4n) is 4.14. The van der Waals surface area contributed by atoms with Gasteiger partial charge >= 0.3 is 6.03 Å². The first-order chi connectivity index (χ1) is 15.5. The highest BCUT2D eigenvalue weighted by Crippen LogP contribution is 2.31. The predicted octanol–water partition coefficient (Wildman–Crippen LogP) is 3.02. The molecule has 2 aliphatic rings. The second-order valence-electron chi connectivity index (χ2n) is 7.78. The molecule has 1 saturated heterocycles. The normalized spacial score (nSPS) is 15.7. The Balaban J connectivity index is 1.66. The Morgan fingerprint density at radius 1 is 1.03 bits per heavy atom. The summed E-state index contributed by atoms with van der Waals surface area (Å²) in [5.74, 6) is -0.342. The maximum atomic E-state index is 13.3. The first kappa shape index (κ1) is 21.6. The molecule has 0 saturated carbocycles. The topological polar surface area (TPSA) is 105 Å². The second kappa shape index (κ2) is 9.23. The Kier molecular flexibility index (Phi) is 6.23. The van der Waals surface area contributed by atoms with Crippen molar-refractivity contribution in [1.82, 2.24) is 4.90 Å². The van der Waals surface area contributed by atoms with E-state index in [1.54, 1.807) is 55.6 Å². The molecule has 1 heterocycles. The van der Waals surface area contributed by atoms with Crippen molar-refractivity contribution in [2.24, 2.45) is 5.73 Å². The van der Waals surface area contributed by atoms with E-state index in [9.17, 15) is 14.4 Å². The summed E-state index contributed by atoms with van der Waals surface area (Å²) in [4.78, 5) is 41.8. The maximum Gasteiger partial charge on any atom is 0.319 e. The lowest BCUT2D eigenvalue weighted by atomic mass is 9.89. The van der Waals surface area contributed by atoms with Crippen LogP contribution in [0.1, 0.15) is 33.6 Å². The van der Waals surface area contributed by atoms with Crippen LogP contribution in [-0.4, -0.2) is 55.8 Å². The number of benzene rings is 2. The van der Waals surface area contributed by atoms with Crippen molar-refractivity contribution in [2.45, 2.75) is 12.8 Å². The number of allylic oxidation sites excluding steroid dienone is 2. The number of hydrogen-bond acceptors (Lipinski definition) is 6. The van der Waals surface area contributed by atoms with E-state index in [0.29, 0.717) is 41.4 Å². The zero-order valence-corrected chi connectivity index (χ0v) is 18.0. The van der Waals surface area contributed by atoms with Gasteiger partial charge in [0.15, 0.2) is 0 Å². The van der Waals surface area contributed by atoms with Crippen LogP contribution in [0.4, 0.5) is 16.2 Å². The number of ketones is 2. The molecule has 0 atom stereocenters. The van der Waals surface area contributed by atoms with Crippen molar-refractivity contribution in [3.8, 4) is 0 Å². The van der Waals surface area contributed by atoms with Crippen molar-refractivity contribution in [3.63, 3.8) is 0 Å². The molecule has 0 spiro atoms. The van der Waals surface area contributed by atoms with E-state index in [-0.39, 0.29) is 17.3 Å². The smallest absolute Gasteiger partial charge is 0.319 e. The van der Waals surface area contributed by atoms with E-state index in [0.717, 1.165) is 25.9 Å². The number of carbonyl (C=O) groups is 3. The molecule has 4 rings (SSSR count). The molecule has 0 aromatic heterocycles. The number of nitrogens with zero attached hydrogens (tertiary/aromatic N) is 2. The first-order valence-electron chi connectivity index (χ1n) is 10.6. The maximum absolute atomic E-state index is 13.3. The van der Waals surface area contributed by atoms with Crippen LogP contribution in [0, 0.1) is 0 Å². The van der Waals surface area contributed by atoms with E-state index < -0.39 is 6.03 Å². The first-order valence-corrected chi connectivity index (χ1v) is 10.6. The summed E-state index contributed by atoms with van der Waals surface area (Å²) in [6.45, 7) is 2.17. The highest BCUT2D eigenvalue weighted by Gasteiger charge is 2.36. The number of primary amides is 1. The molecule has 32 heavy (non-hydrogen) atoms. The zero-order valence-electron chi connectivity index (χ0n) is 18.0. The van der Waals surface area contributed by atoms with Gasteiger partial charge in [0.25, 0.3) is 0 Å².